The number of aromatic nitrogens is 2. The number of hydrogen-bond donors (Lipinski definition) is 2. The summed E-state index contributed by atoms with van der Waals surface area (Å²) < 4.78 is 27.2. The number of nitrogens with one attached hydrogen (secondary N) is 2. The zero-order valence-corrected chi connectivity index (χ0v) is 19.3. The van der Waals surface area contributed by atoms with Crippen molar-refractivity contribution >= 4 is 16.8 Å². The van der Waals surface area contributed by atoms with Gasteiger partial charge >= 0.3 is 0 Å². The van der Waals surface area contributed by atoms with E-state index in [0.717, 1.165) is 5.56 Å². The third-order valence-corrected chi connectivity index (χ3v) is 5.20. The Morgan fingerprint density at radius 2 is 1.71 bits per heavy atom. The Morgan fingerprint density at radius 3 is 2.38 bits per heavy atom. The molecule has 0 radical (unpaired) electrons. The Labute approximate surface area is 196 Å². The normalized spacial score (nSPS) is 10.6. The maximum atomic E-state index is 12.8. The van der Waals surface area contributed by atoms with E-state index in [9.17, 15) is 4.79 Å². The van der Waals surface area contributed by atoms with Crippen LogP contribution in [0.3, 0.4) is 0 Å². The van der Waals surface area contributed by atoms with Crippen molar-refractivity contribution in [1.82, 2.24) is 15.3 Å². The number of amides is 1. The van der Waals surface area contributed by atoms with E-state index < -0.39 is 0 Å². The number of methoxy groups -OCH3 is 4. The molecule has 0 aliphatic heterocycles. The van der Waals surface area contributed by atoms with Crippen molar-refractivity contribution in [3.05, 3.63) is 66.0 Å². The van der Waals surface area contributed by atoms with Gasteiger partial charge in [-0.1, -0.05) is 12.1 Å². The number of fused-ring (bicyclic) bond motifs is 1. The van der Waals surface area contributed by atoms with Crippen LogP contribution in [0.25, 0.3) is 10.9 Å². The van der Waals surface area contributed by atoms with E-state index in [4.69, 9.17) is 23.7 Å². The number of H-pyrrole nitrogens is 1. The zero-order chi connectivity index (χ0) is 24.1. The molecule has 0 saturated heterocycles. The predicted molar refractivity (Wildman–Crippen MR) is 126 cm³/mol. The highest BCUT2D eigenvalue weighted by Gasteiger charge is 2.19. The van der Waals surface area contributed by atoms with Gasteiger partial charge in [-0.15, -0.1) is 0 Å². The molecular formula is C25H25N3O6. The first kappa shape index (κ1) is 22.8. The third-order valence-electron chi connectivity index (χ3n) is 5.20. The minimum Gasteiger partial charge on any atom is -0.497 e. The fourth-order valence-electron chi connectivity index (χ4n) is 3.50. The highest BCUT2D eigenvalue weighted by Crippen LogP contribution is 2.41. The summed E-state index contributed by atoms with van der Waals surface area (Å²) in [5.74, 6) is 3.04. The number of ether oxygens (including phenoxy) is 5. The molecule has 34 heavy (non-hydrogen) atoms. The van der Waals surface area contributed by atoms with E-state index in [1.54, 1.807) is 58.9 Å². The Kier molecular flexibility index (Phi) is 6.72. The molecule has 0 fully saturated rings. The molecular weight excluding hydrogens is 438 g/mol. The lowest BCUT2D eigenvalue weighted by Crippen LogP contribution is -2.23. The van der Waals surface area contributed by atoms with Crippen molar-refractivity contribution in [3.63, 3.8) is 0 Å². The summed E-state index contributed by atoms with van der Waals surface area (Å²) in [6, 6.07) is 14.3. The average molecular weight is 463 g/mol. The molecule has 0 aliphatic carbocycles. The average Bonchev–Trinajstić information content (AvgIpc) is 3.32. The van der Waals surface area contributed by atoms with Gasteiger partial charge in [0.05, 0.1) is 34.0 Å². The van der Waals surface area contributed by atoms with Crippen LogP contribution in [0.2, 0.25) is 0 Å². The van der Waals surface area contributed by atoms with Crippen molar-refractivity contribution in [1.29, 1.82) is 0 Å². The molecule has 1 amide bonds. The van der Waals surface area contributed by atoms with Gasteiger partial charge in [-0.2, -0.15) is 0 Å². The molecule has 176 valence electrons. The van der Waals surface area contributed by atoms with Crippen molar-refractivity contribution in [2.45, 2.75) is 6.54 Å². The minimum atomic E-state index is -0.281. The maximum Gasteiger partial charge on any atom is 0.268 e. The lowest BCUT2D eigenvalue weighted by molar-refractivity contribution is 0.0946. The van der Waals surface area contributed by atoms with E-state index in [2.05, 4.69) is 15.3 Å². The minimum absolute atomic E-state index is 0.281. The van der Waals surface area contributed by atoms with Gasteiger partial charge in [0.1, 0.15) is 22.9 Å². The molecule has 0 aliphatic rings. The van der Waals surface area contributed by atoms with Gasteiger partial charge in [0, 0.05) is 36.3 Å². The molecule has 4 aromatic rings. The highest BCUT2D eigenvalue weighted by molar-refractivity contribution is 6.02. The summed E-state index contributed by atoms with van der Waals surface area (Å²) in [5.41, 5.74) is 1.80. The SMILES string of the molecule is COc1cccc(Oc2ccc(CNC(=O)c3cc4c(OC)cc(OC)c(OC)c4[nH]3)cn2)c1. The number of nitrogens with zero attached hydrogens (tertiary/aromatic N) is 1. The standard InChI is InChI=1S/C25H25N3O6/c1-30-16-6-5-7-17(10-16)34-22-9-8-15(13-26-22)14-27-25(29)19-11-18-20(31-2)12-21(32-3)24(33-4)23(18)28-19/h5-13,28H,14H2,1-4H3,(H,27,29). The smallest absolute Gasteiger partial charge is 0.268 e. The fourth-order valence-corrected chi connectivity index (χ4v) is 3.50. The summed E-state index contributed by atoms with van der Waals surface area (Å²) in [7, 11) is 6.24. The maximum absolute atomic E-state index is 12.8. The van der Waals surface area contributed by atoms with Gasteiger partial charge < -0.3 is 34.0 Å². The summed E-state index contributed by atoms with van der Waals surface area (Å²) in [4.78, 5) is 20.2. The molecule has 0 saturated carbocycles. The quantitative estimate of drug-likeness (QED) is 0.381. The largest absolute Gasteiger partial charge is 0.497 e. The number of benzene rings is 2. The Hall–Kier alpha value is -4.40. The van der Waals surface area contributed by atoms with Crippen LogP contribution < -0.4 is 29.0 Å². The number of rotatable bonds is 9. The first-order valence-corrected chi connectivity index (χ1v) is 10.4. The van der Waals surface area contributed by atoms with Crippen molar-refractivity contribution in [2.75, 3.05) is 28.4 Å². The lowest BCUT2D eigenvalue weighted by Gasteiger charge is -2.11. The van der Waals surface area contributed by atoms with Crippen LogP contribution in [0, 0.1) is 0 Å². The van der Waals surface area contributed by atoms with Crippen LogP contribution in [0.5, 0.6) is 34.6 Å². The lowest BCUT2D eigenvalue weighted by atomic mass is 10.2. The number of aromatic amines is 1. The van der Waals surface area contributed by atoms with Crippen molar-refractivity contribution in [2.24, 2.45) is 0 Å². The van der Waals surface area contributed by atoms with Gasteiger partial charge in [0.15, 0.2) is 11.5 Å². The van der Waals surface area contributed by atoms with Crippen LogP contribution in [0.1, 0.15) is 16.1 Å². The van der Waals surface area contributed by atoms with E-state index >= 15 is 0 Å². The first-order valence-electron chi connectivity index (χ1n) is 10.4. The third kappa shape index (κ3) is 4.68. The van der Waals surface area contributed by atoms with Gasteiger partial charge in [-0.25, -0.2) is 4.98 Å². The van der Waals surface area contributed by atoms with Gasteiger partial charge in [-0.05, 0) is 23.8 Å². The number of hydrogen-bond acceptors (Lipinski definition) is 7. The monoisotopic (exact) mass is 463 g/mol. The summed E-state index contributed by atoms with van der Waals surface area (Å²) >= 11 is 0. The number of carbonyl (C=O) groups excluding carboxylic acids is 1. The van der Waals surface area contributed by atoms with E-state index in [1.165, 1.54) is 0 Å². The molecule has 0 bridgehead atoms. The molecule has 2 heterocycles. The van der Waals surface area contributed by atoms with Crippen molar-refractivity contribution in [3.8, 4) is 34.6 Å². The summed E-state index contributed by atoms with van der Waals surface area (Å²) in [6.45, 7) is 0.290. The van der Waals surface area contributed by atoms with Gasteiger partial charge in [0.2, 0.25) is 5.88 Å². The van der Waals surface area contributed by atoms with Crippen molar-refractivity contribution < 1.29 is 28.5 Å². The second-order valence-corrected chi connectivity index (χ2v) is 7.25. The Bertz CT molecular complexity index is 1300. The molecule has 0 unspecified atom stereocenters. The van der Waals surface area contributed by atoms with Gasteiger partial charge in [0.25, 0.3) is 5.91 Å². The fraction of sp³-hybridized carbons (Fsp3) is 0.200. The first-order chi connectivity index (χ1) is 16.6. The Morgan fingerprint density at radius 1 is 0.912 bits per heavy atom. The van der Waals surface area contributed by atoms with Crippen LogP contribution in [0.4, 0.5) is 0 Å². The van der Waals surface area contributed by atoms with Crippen LogP contribution in [-0.4, -0.2) is 44.3 Å². The van der Waals surface area contributed by atoms with Crippen LogP contribution >= 0.6 is 0 Å². The molecule has 9 nitrogen and oxygen atoms in total. The number of pyridine rings is 1. The molecule has 2 aromatic heterocycles. The van der Waals surface area contributed by atoms with Crippen LogP contribution in [0.15, 0.2) is 54.7 Å². The highest BCUT2D eigenvalue weighted by atomic mass is 16.5. The summed E-state index contributed by atoms with van der Waals surface area (Å²) in [6.07, 6.45) is 1.65. The Balaban J connectivity index is 1.45. The molecule has 0 spiro atoms. The topological polar surface area (TPSA) is 104 Å². The summed E-state index contributed by atoms with van der Waals surface area (Å²) in [5, 5.41) is 3.60. The van der Waals surface area contributed by atoms with E-state index in [0.29, 0.717) is 51.2 Å². The van der Waals surface area contributed by atoms with Gasteiger partial charge in [-0.3, -0.25) is 4.79 Å². The van der Waals surface area contributed by atoms with E-state index in [-0.39, 0.29) is 12.5 Å². The molecule has 2 N–H and O–H groups in total. The van der Waals surface area contributed by atoms with Crippen LogP contribution in [-0.2, 0) is 6.54 Å². The molecule has 0 atom stereocenters. The zero-order valence-electron chi connectivity index (χ0n) is 19.3. The predicted octanol–water partition coefficient (Wildman–Crippen LogP) is 4.32. The number of carbonyl (C=O) groups is 1. The van der Waals surface area contributed by atoms with E-state index in [1.807, 2.05) is 24.3 Å². The molecule has 2 aromatic carbocycles. The second kappa shape index (κ2) is 10.0. The molecule has 9 heteroatoms. The molecule has 4 rings (SSSR count). The second-order valence-electron chi connectivity index (χ2n) is 7.25.